The number of thiophene rings is 1. The van der Waals surface area contributed by atoms with E-state index >= 15 is 0 Å². The molecule has 0 aliphatic rings. The van der Waals surface area contributed by atoms with Gasteiger partial charge in [-0.15, -0.1) is 11.3 Å². The van der Waals surface area contributed by atoms with Crippen molar-refractivity contribution >= 4 is 31.5 Å². The van der Waals surface area contributed by atoms with Crippen molar-refractivity contribution in [2.45, 2.75) is 0 Å². The van der Waals surface area contributed by atoms with Crippen LogP contribution in [0.3, 0.4) is 0 Å². The van der Waals surface area contributed by atoms with E-state index in [0.29, 0.717) is 11.1 Å². The van der Waals surface area contributed by atoms with Crippen LogP contribution in [0.25, 0.3) is 87.7 Å². The van der Waals surface area contributed by atoms with Gasteiger partial charge in [0.05, 0.1) is 15.1 Å². The van der Waals surface area contributed by atoms with Gasteiger partial charge in [-0.25, -0.2) is 15.0 Å². The highest BCUT2D eigenvalue weighted by Gasteiger charge is 2.13. The fourth-order valence-electron chi connectivity index (χ4n) is 5.60. The van der Waals surface area contributed by atoms with Crippen LogP contribution in [0.1, 0.15) is 15.1 Å². The molecule has 49 heavy (non-hydrogen) atoms. The first-order valence-electron chi connectivity index (χ1n) is 21.0. The molecule has 0 bridgehead atoms. The largest absolute Gasteiger partial charge is 0.208 e. The predicted octanol–water partition coefficient (Wildman–Crippen LogP) is 12.2. The fraction of sp³-hybridized carbons (Fsp3) is 0. The van der Waals surface area contributed by atoms with Gasteiger partial charge in [0.25, 0.3) is 0 Å². The van der Waals surface area contributed by atoms with Crippen LogP contribution in [-0.4, -0.2) is 15.0 Å². The first kappa shape index (κ1) is 19.6. The number of nitrogens with zero attached hydrogens (tertiary/aromatic N) is 3. The van der Waals surface area contributed by atoms with Crippen LogP contribution >= 0.6 is 11.3 Å². The van der Waals surface area contributed by atoms with Crippen molar-refractivity contribution in [2.75, 3.05) is 0 Å². The molecule has 2 heterocycles. The molecule has 0 radical (unpaired) electrons. The SMILES string of the molecule is [2H]c1c([2H])c(-c2c([2H])c([2H])c3c(sc4c([2H])c([2H])c([2H])c([2H])c43)c2[2H])c([2H])c([2H])c1-c1nc(-c2ccccc2)nc(-c2ccc(-c3ccc(-c4ccccc4)cc3)cc2)n1. The molecule has 9 rings (SSSR count). The molecule has 0 N–H and O–H groups in total. The summed E-state index contributed by atoms with van der Waals surface area (Å²) in [6.07, 6.45) is 0. The molecular formula is C45H29N3S. The van der Waals surface area contributed by atoms with Gasteiger partial charge >= 0.3 is 0 Å². The molecule has 0 unspecified atom stereocenters. The third kappa shape index (κ3) is 5.69. The van der Waals surface area contributed by atoms with Gasteiger partial charge in [0.1, 0.15) is 0 Å². The zero-order chi connectivity index (χ0) is 42.1. The monoisotopic (exact) mass is 654 g/mol. The summed E-state index contributed by atoms with van der Waals surface area (Å²) >= 11 is 0.857. The second-order valence-corrected chi connectivity index (χ2v) is 12.2. The number of hydrogen-bond donors (Lipinski definition) is 0. The van der Waals surface area contributed by atoms with Crippen molar-refractivity contribution in [3.63, 3.8) is 0 Å². The minimum Gasteiger partial charge on any atom is -0.208 e. The van der Waals surface area contributed by atoms with Crippen molar-refractivity contribution < 1.29 is 15.1 Å². The minimum absolute atomic E-state index is 0.00669. The Morgan fingerprint density at radius 3 is 1.39 bits per heavy atom. The van der Waals surface area contributed by atoms with Crippen LogP contribution < -0.4 is 0 Å². The number of benzene rings is 7. The van der Waals surface area contributed by atoms with E-state index in [1.54, 1.807) is 12.1 Å². The number of aromatic nitrogens is 3. The number of rotatable bonds is 6. The lowest BCUT2D eigenvalue weighted by molar-refractivity contribution is 1.07. The molecule has 7 aromatic carbocycles. The molecule has 0 aliphatic carbocycles. The van der Waals surface area contributed by atoms with Crippen molar-refractivity contribution in [2.24, 2.45) is 0 Å². The Balaban J connectivity index is 1.17. The summed E-state index contributed by atoms with van der Waals surface area (Å²) in [7, 11) is 0. The van der Waals surface area contributed by atoms with Gasteiger partial charge in [-0.3, -0.25) is 0 Å². The summed E-state index contributed by atoms with van der Waals surface area (Å²) in [5.74, 6) is 0.350. The van der Waals surface area contributed by atoms with Gasteiger partial charge < -0.3 is 0 Å². The molecule has 230 valence electrons. The Kier molecular flexibility index (Phi) is 4.96. The summed E-state index contributed by atoms with van der Waals surface area (Å²) in [6, 6.07) is 29.7. The highest BCUT2D eigenvalue weighted by Crippen LogP contribution is 2.37. The van der Waals surface area contributed by atoms with Gasteiger partial charge in [-0.2, -0.15) is 0 Å². The van der Waals surface area contributed by atoms with E-state index in [9.17, 15) is 6.85 Å². The summed E-state index contributed by atoms with van der Waals surface area (Å²) < 4.78 is 97.3. The van der Waals surface area contributed by atoms with Gasteiger partial charge in [-0.05, 0) is 45.5 Å². The smallest absolute Gasteiger partial charge is 0.164 e. The highest BCUT2D eigenvalue weighted by molar-refractivity contribution is 7.25. The average Bonchev–Trinajstić information content (AvgIpc) is 3.70. The molecule has 0 aliphatic heterocycles. The van der Waals surface area contributed by atoms with E-state index in [2.05, 4.69) is 41.4 Å². The Labute approximate surface area is 304 Å². The normalized spacial score (nSPS) is 14.4. The van der Waals surface area contributed by atoms with Crippen LogP contribution in [0.2, 0.25) is 0 Å². The summed E-state index contributed by atoms with van der Waals surface area (Å²) in [6.45, 7) is 0. The first-order valence-corrected chi connectivity index (χ1v) is 16.3. The maximum absolute atomic E-state index is 9.20. The maximum Gasteiger partial charge on any atom is 0.164 e. The molecule has 0 saturated carbocycles. The van der Waals surface area contributed by atoms with E-state index < -0.39 is 54.4 Å². The molecule has 2 aromatic heterocycles. The molecule has 0 fully saturated rings. The Bertz CT molecular complexity index is 3170. The predicted molar refractivity (Wildman–Crippen MR) is 205 cm³/mol. The zero-order valence-electron chi connectivity index (χ0n) is 36.6. The number of fused-ring (bicyclic) bond motifs is 3. The molecule has 9 aromatic rings. The fourth-order valence-corrected chi connectivity index (χ4v) is 6.57. The van der Waals surface area contributed by atoms with Gasteiger partial charge in [-0.1, -0.05) is 164 Å². The molecule has 0 saturated heterocycles. The third-order valence-electron chi connectivity index (χ3n) is 8.12. The first-order chi connectivity index (χ1) is 28.8. The lowest BCUT2D eigenvalue weighted by Crippen LogP contribution is -2.00. The molecule has 0 amide bonds. The van der Waals surface area contributed by atoms with Crippen molar-refractivity contribution in [3.05, 3.63) is 176 Å². The summed E-state index contributed by atoms with van der Waals surface area (Å²) in [4.78, 5) is 14.1. The van der Waals surface area contributed by atoms with E-state index in [0.717, 1.165) is 33.6 Å². The standard InChI is InChI=1S/C45H29N3S/c1-3-9-30(10-4-1)31-15-17-32(18-16-31)33-19-23-36(24-20-33)44-46-43(35-11-5-2-6-12-35)47-45(48-44)37-25-21-34(22-26-37)38-27-28-40-39-13-7-8-14-41(39)49-42(40)29-38/h1-29H/i7D,8D,13D,14D,21D,22D,25D,26D,27D,28D,29D. The summed E-state index contributed by atoms with van der Waals surface area (Å²) in [5.41, 5.74) is 4.51. The molecular weight excluding hydrogens is 615 g/mol. The Morgan fingerprint density at radius 1 is 0.347 bits per heavy atom. The van der Waals surface area contributed by atoms with Crippen LogP contribution in [0.4, 0.5) is 0 Å². The number of hydrogen-bond acceptors (Lipinski definition) is 4. The van der Waals surface area contributed by atoms with Crippen LogP contribution in [-0.2, 0) is 0 Å². The van der Waals surface area contributed by atoms with Crippen molar-refractivity contribution in [3.8, 4) is 67.5 Å². The molecule has 0 spiro atoms. The topological polar surface area (TPSA) is 38.7 Å². The average molecular weight is 655 g/mol. The minimum atomic E-state index is -0.581. The van der Waals surface area contributed by atoms with Gasteiger partial charge in [0.2, 0.25) is 0 Å². The van der Waals surface area contributed by atoms with Crippen LogP contribution in [0.15, 0.2) is 176 Å². The Morgan fingerprint density at radius 2 is 0.776 bits per heavy atom. The van der Waals surface area contributed by atoms with Gasteiger partial charge in [0.15, 0.2) is 17.5 Å². The van der Waals surface area contributed by atoms with Gasteiger partial charge in [0, 0.05) is 36.9 Å². The van der Waals surface area contributed by atoms with Crippen LogP contribution in [0, 0.1) is 0 Å². The van der Waals surface area contributed by atoms with E-state index in [1.165, 1.54) is 0 Å². The highest BCUT2D eigenvalue weighted by atomic mass is 32.1. The van der Waals surface area contributed by atoms with E-state index in [1.807, 2.05) is 60.7 Å². The van der Waals surface area contributed by atoms with Crippen molar-refractivity contribution in [1.29, 1.82) is 0 Å². The molecule has 0 atom stereocenters. The summed E-state index contributed by atoms with van der Waals surface area (Å²) in [5, 5.41) is 0.00854. The maximum atomic E-state index is 9.20. The molecule has 3 nitrogen and oxygen atoms in total. The quantitative estimate of drug-likeness (QED) is 0.179. The van der Waals surface area contributed by atoms with E-state index in [4.69, 9.17) is 18.2 Å². The lowest BCUT2D eigenvalue weighted by Gasteiger charge is -2.10. The lowest BCUT2D eigenvalue weighted by atomic mass is 9.99. The molecule has 4 heteroatoms. The second kappa shape index (κ2) is 12.4. The van der Waals surface area contributed by atoms with Crippen molar-refractivity contribution in [1.82, 2.24) is 15.0 Å². The Hall–Kier alpha value is -6.23. The zero-order valence-corrected chi connectivity index (χ0v) is 26.5. The van der Waals surface area contributed by atoms with E-state index in [-0.39, 0.29) is 66.4 Å². The van der Waals surface area contributed by atoms with Crippen LogP contribution in [0.5, 0.6) is 0 Å². The second-order valence-electron chi connectivity index (χ2n) is 11.2. The third-order valence-corrected chi connectivity index (χ3v) is 9.14.